The molecular formula is C21H28FN5O. The second-order valence-corrected chi connectivity index (χ2v) is 7.68. The van der Waals surface area contributed by atoms with Gasteiger partial charge in [0.1, 0.15) is 12.1 Å². The first-order valence-corrected chi connectivity index (χ1v) is 10.1. The average Bonchev–Trinajstić information content (AvgIpc) is 3.32. The quantitative estimate of drug-likeness (QED) is 0.612. The van der Waals surface area contributed by atoms with Crippen LogP contribution in [0.15, 0.2) is 46.1 Å². The van der Waals surface area contributed by atoms with Gasteiger partial charge in [-0.15, -0.1) is 0 Å². The fourth-order valence-corrected chi connectivity index (χ4v) is 3.87. The van der Waals surface area contributed by atoms with Crippen LogP contribution in [0, 0.1) is 5.82 Å². The van der Waals surface area contributed by atoms with Gasteiger partial charge in [0.05, 0.1) is 12.2 Å². The van der Waals surface area contributed by atoms with Crippen molar-refractivity contribution in [3.05, 3.63) is 53.7 Å². The number of nitrogens with one attached hydrogen (secondary N) is 1. The van der Waals surface area contributed by atoms with Crippen LogP contribution >= 0.6 is 0 Å². The van der Waals surface area contributed by atoms with Crippen LogP contribution < -0.4 is 5.32 Å². The molecule has 0 bridgehead atoms. The van der Waals surface area contributed by atoms with E-state index in [0.29, 0.717) is 6.54 Å². The molecule has 1 aromatic heterocycles. The van der Waals surface area contributed by atoms with E-state index in [1.807, 2.05) is 18.2 Å². The van der Waals surface area contributed by atoms with E-state index in [0.717, 1.165) is 69.3 Å². The SMILES string of the molecule is CCNC(=NCC1(c2ccccc2F)CC1)N1CCN(Cc2ccon2)CC1. The molecule has 0 spiro atoms. The number of aromatic nitrogens is 1. The van der Waals surface area contributed by atoms with Crippen molar-refractivity contribution in [3.8, 4) is 0 Å². The Hall–Kier alpha value is -2.41. The molecule has 150 valence electrons. The van der Waals surface area contributed by atoms with Crippen molar-refractivity contribution in [2.75, 3.05) is 39.3 Å². The minimum atomic E-state index is -0.124. The highest BCUT2D eigenvalue weighted by Gasteiger charge is 2.46. The predicted octanol–water partition coefficient (Wildman–Crippen LogP) is 2.63. The second-order valence-electron chi connectivity index (χ2n) is 7.68. The molecule has 1 saturated carbocycles. The topological polar surface area (TPSA) is 56.9 Å². The van der Waals surface area contributed by atoms with Gasteiger partial charge in [-0.05, 0) is 31.4 Å². The summed E-state index contributed by atoms with van der Waals surface area (Å²) in [5.74, 6) is 0.827. The fourth-order valence-electron chi connectivity index (χ4n) is 3.87. The number of hydrogen-bond donors (Lipinski definition) is 1. The summed E-state index contributed by atoms with van der Waals surface area (Å²) in [5.41, 5.74) is 1.66. The Morgan fingerprint density at radius 3 is 2.64 bits per heavy atom. The molecule has 0 unspecified atom stereocenters. The zero-order valence-corrected chi connectivity index (χ0v) is 16.4. The Bertz CT molecular complexity index is 795. The zero-order valence-electron chi connectivity index (χ0n) is 16.4. The maximum absolute atomic E-state index is 14.3. The Labute approximate surface area is 165 Å². The van der Waals surface area contributed by atoms with E-state index in [2.05, 4.69) is 27.2 Å². The fraction of sp³-hybridized carbons (Fsp3) is 0.524. The first kappa shape index (κ1) is 18.9. The maximum atomic E-state index is 14.3. The molecule has 6 nitrogen and oxygen atoms in total. The van der Waals surface area contributed by atoms with E-state index in [1.165, 1.54) is 0 Å². The molecule has 0 radical (unpaired) electrons. The number of halogens is 1. The lowest BCUT2D eigenvalue weighted by molar-refractivity contribution is 0.169. The minimum absolute atomic E-state index is 0.110. The third kappa shape index (κ3) is 4.19. The van der Waals surface area contributed by atoms with Crippen LogP contribution in [0.5, 0.6) is 0 Å². The van der Waals surface area contributed by atoms with Gasteiger partial charge in [-0.2, -0.15) is 0 Å². The van der Waals surface area contributed by atoms with Crippen LogP contribution in [0.3, 0.4) is 0 Å². The van der Waals surface area contributed by atoms with E-state index < -0.39 is 0 Å². The summed E-state index contributed by atoms with van der Waals surface area (Å²) >= 11 is 0. The number of rotatable bonds is 6. The lowest BCUT2D eigenvalue weighted by atomic mass is 9.95. The lowest BCUT2D eigenvalue weighted by Crippen LogP contribution is -2.52. The van der Waals surface area contributed by atoms with Gasteiger partial charge < -0.3 is 14.7 Å². The third-order valence-electron chi connectivity index (χ3n) is 5.71. The Balaban J connectivity index is 1.38. The standard InChI is InChI=1S/C21H28FN5O/c1-2-23-20(24-16-21(8-9-21)18-5-3-4-6-19(18)22)27-12-10-26(11-13-27)15-17-7-14-28-25-17/h3-7,14H,2,8-13,15-16H2,1H3,(H,23,24). The highest BCUT2D eigenvalue weighted by molar-refractivity contribution is 5.80. The number of guanidine groups is 1. The van der Waals surface area contributed by atoms with Crippen molar-refractivity contribution in [1.82, 2.24) is 20.3 Å². The van der Waals surface area contributed by atoms with Crippen LogP contribution in [0.4, 0.5) is 4.39 Å². The smallest absolute Gasteiger partial charge is 0.194 e. The van der Waals surface area contributed by atoms with Crippen molar-refractivity contribution in [2.24, 2.45) is 4.99 Å². The van der Waals surface area contributed by atoms with Crippen LogP contribution in [0.1, 0.15) is 31.0 Å². The van der Waals surface area contributed by atoms with Crippen LogP contribution in [0.2, 0.25) is 0 Å². The van der Waals surface area contributed by atoms with Gasteiger partial charge in [0.2, 0.25) is 0 Å². The first-order valence-electron chi connectivity index (χ1n) is 10.1. The molecule has 1 aliphatic carbocycles. The van der Waals surface area contributed by atoms with E-state index >= 15 is 0 Å². The summed E-state index contributed by atoms with van der Waals surface area (Å²) in [6.45, 7) is 8.09. The summed E-state index contributed by atoms with van der Waals surface area (Å²) in [5, 5.41) is 7.41. The monoisotopic (exact) mass is 385 g/mol. The summed E-state index contributed by atoms with van der Waals surface area (Å²) in [4.78, 5) is 9.59. The Morgan fingerprint density at radius 1 is 1.21 bits per heavy atom. The molecule has 1 saturated heterocycles. The van der Waals surface area contributed by atoms with Crippen molar-refractivity contribution in [2.45, 2.75) is 31.7 Å². The second kappa shape index (κ2) is 8.31. The third-order valence-corrected chi connectivity index (χ3v) is 5.71. The molecule has 4 rings (SSSR count). The van der Waals surface area contributed by atoms with Gasteiger partial charge in [0.15, 0.2) is 5.96 Å². The van der Waals surface area contributed by atoms with Gasteiger partial charge >= 0.3 is 0 Å². The van der Waals surface area contributed by atoms with Crippen molar-refractivity contribution in [3.63, 3.8) is 0 Å². The lowest BCUT2D eigenvalue weighted by Gasteiger charge is -2.36. The minimum Gasteiger partial charge on any atom is -0.364 e. The van der Waals surface area contributed by atoms with Gasteiger partial charge in [-0.25, -0.2) is 4.39 Å². The Morgan fingerprint density at radius 2 is 2.00 bits per heavy atom. The predicted molar refractivity (Wildman–Crippen MR) is 107 cm³/mol. The van der Waals surface area contributed by atoms with Gasteiger partial charge in [0, 0.05) is 50.7 Å². The molecule has 2 heterocycles. The normalized spacial score (nSPS) is 19.6. The molecule has 28 heavy (non-hydrogen) atoms. The molecule has 2 aliphatic rings. The van der Waals surface area contributed by atoms with E-state index in [-0.39, 0.29) is 11.2 Å². The van der Waals surface area contributed by atoms with Gasteiger partial charge in [0.25, 0.3) is 0 Å². The molecule has 0 amide bonds. The number of benzene rings is 1. The van der Waals surface area contributed by atoms with Crippen LogP contribution in [-0.4, -0.2) is 60.2 Å². The first-order chi connectivity index (χ1) is 13.7. The van der Waals surface area contributed by atoms with Crippen LogP contribution in [-0.2, 0) is 12.0 Å². The Kier molecular flexibility index (Phi) is 5.62. The molecule has 7 heteroatoms. The number of nitrogens with zero attached hydrogens (tertiary/aromatic N) is 4. The van der Waals surface area contributed by atoms with Gasteiger partial charge in [-0.1, -0.05) is 23.4 Å². The molecular weight excluding hydrogens is 357 g/mol. The highest BCUT2D eigenvalue weighted by Crippen LogP contribution is 2.49. The van der Waals surface area contributed by atoms with Crippen molar-refractivity contribution < 1.29 is 8.91 Å². The molecule has 1 aliphatic heterocycles. The summed E-state index contributed by atoms with van der Waals surface area (Å²) in [7, 11) is 0. The van der Waals surface area contributed by atoms with E-state index in [1.54, 1.807) is 18.4 Å². The molecule has 2 aromatic rings. The molecule has 0 atom stereocenters. The van der Waals surface area contributed by atoms with Gasteiger partial charge in [-0.3, -0.25) is 9.89 Å². The molecule has 1 aromatic carbocycles. The molecule has 2 fully saturated rings. The number of piperazine rings is 1. The maximum Gasteiger partial charge on any atom is 0.194 e. The van der Waals surface area contributed by atoms with Crippen molar-refractivity contribution in [1.29, 1.82) is 0 Å². The zero-order chi connectivity index (χ0) is 19.4. The van der Waals surface area contributed by atoms with Crippen LogP contribution in [0.25, 0.3) is 0 Å². The average molecular weight is 385 g/mol. The highest BCUT2D eigenvalue weighted by atomic mass is 19.1. The number of hydrogen-bond acceptors (Lipinski definition) is 4. The van der Waals surface area contributed by atoms with E-state index in [9.17, 15) is 4.39 Å². The number of aliphatic imine (C=N–C) groups is 1. The molecule has 1 N–H and O–H groups in total. The van der Waals surface area contributed by atoms with Crippen molar-refractivity contribution >= 4 is 5.96 Å². The largest absolute Gasteiger partial charge is 0.364 e. The van der Waals surface area contributed by atoms with E-state index in [4.69, 9.17) is 9.52 Å². The summed E-state index contributed by atoms with van der Waals surface area (Å²) in [6, 6.07) is 9.05. The summed E-state index contributed by atoms with van der Waals surface area (Å²) in [6.07, 6.45) is 3.62. The summed E-state index contributed by atoms with van der Waals surface area (Å²) < 4.78 is 19.2.